The molecule has 0 heterocycles. The van der Waals surface area contributed by atoms with Crippen molar-refractivity contribution in [3.8, 4) is 0 Å². The maximum absolute atomic E-state index is 11.8. The Kier molecular flexibility index (Phi) is 4.33. The first-order chi connectivity index (χ1) is 8.70. The van der Waals surface area contributed by atoms with Gasteiger partial charge in [-0.15, -0.1) is 0 Å². The second-order valence-corrected chi connectivity index (χ2v) is 4.92. The third-order valence-corrected chi connectivity index (χ3v) is 3.37. The summed E-state index contributed by atoms with van der Waals surface area (Å²) >= 11 is 0. The topological polar surface area (TPSA) is 75.4 Å². The van der Waals surface area contributed by atoms with E-state index in [1.165, 1.54) is 0 Å². The molecule has 0 radical (unpaired) electrons. The molecule has 1 aromatic carbocycles. The molecule has 0 saturated heterocycles. The smallest absolute Gasteiger partial charge is 0.222 e. The van der Waals surface area contributed by atoms with Crippen LogP contribution >= 0.6 is 0 Å². The van der Waals surface area contributed by atoms with Crippen LogP contribution in [0.3, 0.4) is 0 Å². The molecule has 4 N–H and O–H groups in total. The van der Waals surface area contributed by atoms with Crippen LogP contribution in [0.25, 0.3) is 0 Å². The molecule has 2 atom stereocenters. The first-order valence-electron chi connectivity index (χ1n) is 6.41. The Morgan fingerprint density at radius 2 is 2.06 bits per heavy atom. The van der Waals surface area contributed by atoms with Gasteiger partial charge < -0.3 is 16.2 Å². The summed E-state index contributed by atoms with van der Waals surface area (Å²) in [6.45, 7) is -0.103. The van der Waals surface area contributed by atoms with E-state index in [9.17, 15) is 9.90 Å². The van der Waals surface area contributed by atoms with Crippen molar-refractivity contribution < 1.29 is 9.90 Å². The summed E-state index contributed by atoms with van der Waals surface area (Å²) in [6, 6.07) is 9.08. The maximum atomic E-state index is 11.8. The summed E-state index contributed by atoms with van der Waals surface area (Å²) in [5.41, 5.74) is 6.82. The molecule has 1 aliphatic carbocycles. The molecule has 4 heteroatoms. The molecule has 18 heavy (non-hydrogen) atoms. The first kappa shape index (κ1) is 13.1. The van der Waals surface area contributed by atoms with Crippen LogP contribution in [0.4, 0.5) is 0 Å². The standard InChI is InChI=1S/C14H20N2O2/c15-12(10-6-7-10)8-14(18)16-13(9-17)11-4-2-1-3-5-11/h1-5,10,12-13,17H,6-9,15H2,(H,16,18). The van der Waals surface area contributed by atoms with Crippen LogP contribution in [-0.4, -0.2) is 23.7 Å². The van der Waals surface area contributed by atoms with E-state index in [-0.39, 0.29) is 24.6 Å². The molecule has 0 spiro atoms. The van der Waals surface area contributed by atoms with Crippen molar-refractivity contribution >= 4 is 5.91 Å². The highest BCUT2D eigenvalue weighted by molar-refractivity contribution is 5.77. The Bertz CT molecular complexity index is 390. The van der Waals surface area contributed by atoms with Crippen molar-refractivity contribution in [3.63, 3.8) is 0 Å². The van der Waals surface area contributed by atoms with Gasteiger partial charge >= 0.3 is 0 Å². The fraction of sp³-hybridized carbons (Fsp3) is 0.500. The zero-order valence-electron chi connectivity index (χ0n) is 10.4. The van der Waals surface area contributed by atoms with Crippen molar-refractivity contribution in [2.24, 2.45) is 11.7 Å². The minimum atomic E-state index is -0.342. The summed E-state index contributed by atoms with van der Waals surface area (Å²) in [6.07, 6.45) is 2.61. The molecular formula is C14H20N2O2. The molecule has 1 amide bonds. The Morgan fingerprint density at radius 3 is 2.61 bits per heavy atom. The van der Waals surface area contributed by atoms with Gasteiger partial charge in [-0.25, -0.2) is 0 Å². The van der Waals surface area contributed by atoms with E-state index in [0.717, 1.165) is 18.4 Å². The van der Waals surface area contributed by atoms with Gasteiger partial charge in [-0.05, 0) is 24.3 Å². The van der Waals surface area contributed by atoms with E-state index < -0.39 is 0 Å². The average Bonchev–Trinajstić information content (AvgIpc) is 3.21. The van der Waals surface area contributed by atoms with Crippen LogP contribution in [0, 0.1) is 5.92 Å². The number of nitrogens with two attached hydrogens (primary N) is 1. The van der Waals surface area contributed by atoms with E-state index in [1.54, 1.807) is 0 Å². The molecule has 4 nitrogen and oxygen atoms in total. The molecule has 0 bridgehead atoms. The number of hydrogen-bond acceptors (Lipinski definition) is 3. The van der Waals surface area contributed by atoms with Crippen molar-refractivity contribution in [1.29, 1.82) is 0 Å². The lowest BCUT2D eigenvalue weighted by Gasteiger charge is -2.18. The maximum Gasteiger partial charge on any atom is 0.222 e. The summed E-state index contributed by atoms with van der Waals surface area (Å²) < 4.78 is 0. The van der Waals surface area contributed by atoms with Gasteiger partial charge in [0.25, 0.3) is 0 Å². The Morgan fingerprint density at radius 1 is 1.39 bits per heavy atom. The molecule has 0 aromatic heterocycles. The van der Waals surface area contributed by atoms with Gasteiger partial charge in [-0.3, -0.25) is 4.79 Å². The lowest BCUT2D eigenvalue weighted by Crippen LogP contribution is -2.36. The first-order valence-corrected chi connectivity index (χ1v) is 6.41. The molecule has 2 unspecified atom stereocenters. The van der Waals surface area contributed by atoms with Gasteiger partial charge in [0.1, 0.15) is 0 Å². The largest absolute Gasteiger partial charge is 0.394 e. The zero-order valence-corrected chi connectivity index (χ0v) is 10.4. The Balaban J connectivity index is 1.87. The summed E-state index contributed by atoms with van der Waals surface area (Å²) in [5.74, 6) is 0.428. The Labute approximate surface area is 107 Å². The van der Waals surface area contributed by atoms with Gasteiger partial charge in [-0.2, -0.15) is 0 Å². The van der Waals surface area contributed by atoms with Gasteiger partial charge in [0, 0.05) is 12.5 Å². The lowest BCUT2D eigenvalue weighted by molar-refractivity contribution is -0.122. The predicted octanol–water partition coefficient (Wildman–Crippen LogP) is 0.964. The van der Waals surface area contributed by atoms with Crippen molar-refractivity contribution in [1.82, 2.24) is 5.32 Å². The number of rotatable bonds is 6. The number of amides is 1. The van der Waals surface area contributed by atoms with Gasteiger partial charge in [0.2, 0.25) is 5.91 Å². The van der Waals surface area contributed by atoms with Crippen molar-refractivity contribution in [2.45, 2.75) is 31.3 Å². The highest BCUT2D eigenvalue weighted by atomic mass is 16.3. The number of benzene rings is 1. The van der Waals surface area contributed by atoms with Gasteiger partial charge in [0.15, 0.2) is 0 Å². The lowest BCUT2D eigenvalue weighted by atomic mass is 10.1. The van der Waals surface area contributed by atoms with Crippen LogP contribution in [0.2, 0.25) is 0 Å². The second-order valence-electron chi connectivity index (χ2n) is 4.92. The van der Waals surface area contributed by atoms with E-state index in [4.69, 9.17) is 5.73 Å². The monoisotopic (exact) mass is 248 g/mol. The highest BCUT2D eigenvalue weighted by Gasteiger charge is 2.30. The summed E-state index contributed by atoms with van der Waals surface area (Å²) in [4.78, 5) is 11.8. The van der Waals surface area contributed by atoms with E-state index in [1.807, 2.05) is 30.3 Å². The minimum absolute atomic E-state index is 0.0416. The number of aliphatic hydroxyl groups excluding tert-OH is 1. The molecule has 1 saturated carbocycles. The fourth-order valence-corrected chi connectivity index (χ4v) is 2.08. The van der Waals surface area contributed by atoms with Crippen LogP contribution in [0.1, 0.15) is 30.9 Å². The summed E-state index contributed by atoms with van der Waals surface area (Å²) in [5, 5.41) is 12.2. The number of hydrogen-bond donors (Lipinski definition) is 3. The van der Waals surface area contributed by atoms with E-state index >= 15 is 0 Å². The summed E-state index contributed by atoms with van der Waals surface area (Å²) in [7, 11) is 0. The number of nitrogens with one attached hydrogen (secondary N) is 1. The molecule has 98 valence electrons. The molecule has 2 rings (SSSR count). The molecule has 1 fully saturated rings. The van der Waals surface area contributed by atoms with Crippen LogP contribution in [0.15, 0.2) is 30.3 Å². The minimum Gasteiger partial charge on any atom is -0.394 e. The van der Waals surface area contributed by atoms with Crippen molar-refractivity contribution in [2.75, 3.05) is 6.61 Å². The van der Waals surface area contributed by atoms with Crippen molar-refractivity contribution in [3.05, 3.63) is 35.9 Å². The van der Waals surface area contributed by atoms with Crippen LogP contribution in [0.5, 0.6) is 0 Å². The van der Waals surface area contributed by atoms with Crippen LogP contribution in [-0.2, 0) is 4.79 Å². The number of carbonyl (C=O) groups is 1. The molecular weight excluding hydrogens is 228 g/mol. The van der Waals surface area contributed by atoms with Gasteiger partial charge in [0.05, 0.1) is 12.6 Å². The third-order valence-electron chi connectivity index (χ3n) is 3.37. The second kappa shape index (κ2) is 5.98. The van der Waals surface area contributed by atoms with E-state index in [0.29, 0.717) is 12.3 Å². The Hall–Kier alpha value is -1.39. The highest BCUT2D eigenvalue weighted by Crippen LogP contribution is 2.32. The SMILES string of the molecule is NC(CC(=O)NC(CO)c1ccccc1)C1CC1. The molecule has 1 aliphatic rings. The normalized spacial score (nSPS) is 18.1. The fourth-order valence-electron chi connectivity index (χ4n) is 2.08. The van der Waals surface area contributed by atoms with Crippen LogP contribution < -0.4 is 11.1 Å². The zero-order chi connectivity index (χ0) is 13.0. The average molecular weight is 248 g/mol. The number of aliphatic hydroxyl groups is 1. The molecule has 0 aliphatic heterocycles. The third kappa shape index (κ3) is 3.55. The van der Waals surface area contributed by atoms with Gasteiger partial charge in [-0.1, -0.05) is 30.3 Å². The number of carbonyl (C=O) groups excluding carboxylic acids is 1. The molecule has 1 aromatic rings. The quantitative estimate of drug-likeness (QED) is 0.702. The van der Waals surface area contributed by atoms with E-state index in [2.05, 4.69) is 5.32 Å². The predicted molar refractivity (Wildman–Crippen MR) is 69.7 cm³/mol.